The van der Waals surface area contributed by atoms with Crippen molar-refractivity contribution in [1.29, 1.82) is 0 Å². The van der Waals surface area contributed by atoms with Gasteiger partial charge in [0.1, 0.15) is 5.75 Å². The molecule has 2 N–H and O–H groups in total. The van der Waals surface area contributed by atoms with Crippen molar-refractivity contribution in [2.45, 2.75) is 26.3 Å². The molecule has 1 atom stereocenters. The summed E-state index contributed by atoms with van der Waals surface area (Å²) in [7, 11) is 0. The van der Waals surface area contributed by atoms with Gasteiger partial charge in [0.25, 0.3) is 0 Å². The van der Waals surface area contributed by atoms with Gasteiger partial charge in [-0.3, -0.25) is 9.29 Å². The van der Waals surface area contributed by atoms with E-state index in [9.17, 15) is 9.50 Å². The maximum Gasteiger partial charge on any atom is 0.116 e. The highest BCUT2D eigenvalue weighted by Crippen LogP contribution is 2.32. The van der Waals surface area contributed by atoms with E-state index in [0.717, 1.165) is 37.3 Å². The number of hydrogen-bond donors (Lipinski definition) is 2. The van der Waals surface area contributed by atoms with Gasteiger partial charge in [-0.1, -0.05) is 0 Å². The van der Waals surface area contributed by atoms with Crippen LogP contribution in [0.2, 0.25) is 0 Å². The molecule has 20 heavy (non-hydrogen) atoms. The fraction of sp³-hybridized carbons (Fsp3) is 0.600. The van der Waals surface area contributed by atoms with E-state index in [1.165, 1.54) is 5.56 Å². The van der Waals surface area contributed by atoms with Crippen LogP contribution in [0.5, 0.6) is 5.75 Å². The SMILES string of the molecule is Cc1cc(O)cc(C)c1[C@@H](CCF)N1CCNCC1.Cl. The second-order valence-corrected chi connectivity index (χ2v) is 5.27. The van der Waals surface area contributed by atoms with Gasteiger partial charge in [0.2, 0.25) is 0 Å². The van der Waals surface area contributed by atoms with Crippen LogP contribution < -0.4 is 5.32 Å². The Morgan fingerprint density at radius 3 is 2.30 bits per heavy atom. The molecule has 1 aliphatic rings. The predicted octanol–water partition coefficient (Wildman–Crippen LogP) is 2.74. The minimum atomic E-state index is -0.311. The molecule has 1 aromatic rings. The standard InChI is InChI=1S/C15H23FN2O.ClH/c1-11-9-13(19)10-12(2)15(11)14(3-4-16)18-7-5-17-6-8-18;/h9-10,14,17,19H,3-8H2,1-2H3;1H/t14-;/m1./s1. The number of nitrogens with one attached hydrogen (secondary N) is 1. The normalized spacial score (nSPS) is 17.6. The maximum atomic E-state index is 12.9. The van der Waals surface area contributed by atoms with Gasteiger partial charge >= 0.3 is 0 Å². The predicted molar refractivity (Wildman–Crippen MR) is 82.6 cm³/mol. The van der Waals surface area contributed by atoms with Gasteiger partial charge < -0.3 is 10.4 Å². The molecule has 1 fully saturated rings. The van der Waals surface area contributed by atoms with Gasteiger partial charge in [0.15, 0.2) is 0 Å². The van der Waals surface area contributed by atoms with Gasteiger partial charge in [-0.25, -0.2) is 0 Å². The number of piperazine rings is 1. The van der Waals surface area contributed by atoms with Gasteiger partial charge in [-0.05, 0) is 49.1 Å². The quantitative estimate of drug-likeness (QED) is 0.898. The molecule has 0 unspecified atom stereocenters. The highest BCUT2D eigenvalue weighted by molar-refractivity contribution is 5.85. The van der Waals surface area contributed by atoms with E-state index in [1.807, 2.05) is 13.8 Å². The number of halogens is 2. The Morgan fingerprint density at radius 2 is 1.80 bits per heavy atom. The zero-order valence-corrected chi connectivity index (χ0v) is 13.0. The molecule has 1 aromatic carbocycles. The van der Waals surface area contributed by atoms with Crippen molar-refractivity contribution in [1.82, 2.24) is 10.2 Å². The van der Waals surface area contributed by atoms with Crippen LogP contribution >= 0.6 is 12.4 Å². The summed E-state index contributed by atoms with van der Waals surface area (Å²) in [4.78, 5) is 2.35. The van der Waals surface area contributed by atoms with Crippen molar-refractivity contribution in [2.75, 3.05) is 32.9 Å². The first kappa shape index (κ1) is 17.2. The van der Waals surface area contributed by atoms with E-state index in [2.05, 4.69) is 10.2 Å². The molecular weight excluding hydrogens is 279 g/mol. The highest BCUT2D eigenvalue weighted by atomic mass is 35.5. The molecule has 0 aliphatic carbocycles. The monoisotopic (exact) mass is 302 g/mol. The van der Waals surface area contributed by atoms with Gasteiger partial charge in [-0.15, -0.1) is 12.4 Å². The number of alkyl halides is 1. The number of aryl methyl sites for hydroxylation is 2. The zero-order chi connectivity index (χ0) is 13.8. The van der Waals surface area contributed by atoms with Gasteiger partial charge in [-0.2, -0.15) is 0 Å². The van der Waals surface area contributed by atoms with Crippen LogP contribution in [-0.2, 0) is 0 Å². The minimum Gasteiger partial charge on any atom is -0.508 e. The molecule has 0 aromatic heterocycles. The fourth-order valence-corrected chi connectivity index (χ4v) is 3.08. The number of rotatable bonds is 4. The Labute approximate surface area is 126 Å². The van der Waals surface area contributed by atoms with Crippen LogP contribution in [0.3, 0.4) is 0 Å². The number of hydrogen-bond acceptors (Lipinski definition) is 3. The van der Waals surface area contributed by atoms with Gasteiger partial charge in [0.05, 0.1) is 6.67 Å². The van der Waals surface area contributed by atoms with Crippen LogP contribution in [0.1, 0.15) is 29.2 Å². The molecule has 0 radical (unpaired) electrons. The molecule has 0 amide bonds. The molecule has 1 aliphatic heterocycles. The third-order valence-corrected chi connectivity index (χ3v) is 3.89. The van der Waals surface area contributed by atoms with Crippen molar-refractivity contribution in [3.63, 3.8) is 0 Å². The van der Waals surface area contributed by atoms with Crippen LogP contribution in [0.4, 0.5) is 4.39 Å². The average Bonchev–Trinajstić information content (AvgIpc) is 2.37. The molecule has 0 spiro atoms. The molecule has 1 heterocycles. The first-order chi connectivity index (χ1) is 9.13. The van der Waals surface area contributed by atoms with Crippen LogP contribution in [0.15, 0.2) is 12.1 Å². The first-order valence-electron chi connectivity index (χ1n) is 6.94. The molecule has 5 heteroatoms. The number of nitrogens with zero attached hydrogens (tertiary/aromatic N) is 1. The van der Waals surface area contributed by atoms with Crippen molar-refractivity contribution < 1.29 is 9.50 Å². The Hall–Kier alpha value is -0.840. The second kappa shape index (κ2) is 7.81. The number of benzene rings is 1. The lowest BCUT2D eigenvalue weighted by molar-refractivity contribution is 0.156. The molecular formula is C15H24ClFN2O. The summed E-state index contributed by atoms with van der Waals surface area (Å²) in [6.07, 6.45) is 0.520. The zero-order valence-electron chi connectivity index (χ0n) is 12.2. The van der Waals surface area contributed by atoms with Crippen molar-refractivity contribution in [3.8, 4) is 5.75 Å². The molecule has 3 nitrogen and oxygen atoms in total. The van der Waals surface area contributed by atoms with E-state index in [-0.39, 0.29) is 30.9 Å². The molecule has 2 rings (SSSR count). The third kappa shape index (κ3) is 3.84. The summed E-state index contributed by atoms with van der Waals surface area (Å²) < 4.78 is 12.9. The number of phenolic OH excluding ortho intramolecular Hbond substituents is 1. The Balaban J connectivity index is 0.00000200. The summed E-state index contributed by atoms with van der Waals surface area (Å²) in [5.74, 6) is 0.290. The van der Waals surface area contributed by atoms with Crippen molar-refractivity contribution in [3.05, 3.63) is 28.8 Å². The smallest absolute Gasteiger partial charge is 0.116 e. The summed E-state index contributed by atoms with van der Waals surface area (Å²) in [5.41, 5.74) is 3.28. The lowest BCUT2D eigenvalue weighted by atomic mass is 9.92. The van der Waals surface area contributed by atoms with Crippen LogP contribution in [-0.4, -0.2) is 42.9 Å². The number of phenols is 1. The first-order valence-corrected chi connectivity index (χ1v) is 6.94. The fourth-order valence-electron chi connectivity index (χ4n) is 3.08. The topological polar surface area (TPSA) is 35.5 Å². The van der Waals surface area contributed by atoms with Gasteiger partial charge in [0, 0.05) is 32.2 Å². The highest BCUT2D eigenvalue weighted by Gasteiger charge is 2.24. The minimum absolute atomic E-state index is 0. The lowest BCUT2D eigenvalue weighted by Gasteiger charge is -2.36. The van der Waals surface area contributed by atoms with E-state index < -0.39 is 0 Å². The Bertz CT molecular complexity index is 413. The summed E-state index contributed by atoms with van der Waals surface area (Å²) in [6, 6.07) is 3.67. The Morgan fingerprint density at radius 1 is 1.25 bits per heavy atom. The van der Waals surface area contributed by atoms with E-state index in [4.69, 9.17) is 0 Å². The second-order valence-electron chi connectivity index (χ2n) is 5.27. The van der Waals surface area contributed by atoms with E-state index in [0.29, 0.717) is 6.42 Å². The molecule has 0 bridgehead atoms. The van der Waals surface area contributed by atoms with E-state index >= 15 is 0 Å². The third-order valence-electron chi connectivity index (χ3n) is 3.89. The lowest BCUT2D eigenvalue weighted by Crippen LogP contribution is -2.45. The Kier molecular flexibility index (Phi) is 6.72. The van der Waals surface area contributed by atoms with Crippen molar-refractivity contribution >= 4 is 12.4 Å². The summed E-state index contributed by atoms with van der Waals surface area (Å²) >= 11 is 0. The molecule has 1 saturated heterocycles. The summed E-state index contributed by atoms with van der Waals surface area (Å²) in [5, 5.41) is 13.0. The largest absolute Gasteiger partial charge is 0.508 e. The number of aromatic hydroxyl groups is 1. The molecule has 0 saturated carbocycles. The average molecular weight is 303 g/mol. The molecule has 114 valence electrons. The van der Waals surface area contributed by atoms with Crippen molar-refractivity contribution in [2.24, 2.45) is 0 Å². The summed E-state index contributed by atoms with van der Waals surface area (Å²) in [6.45, 7) is 7.49. The van der Waals surface area contributed by atoms with Crippen LogP contribution in [0.25, 0.3) is 0 Å². The van der Waals surface area contributed by atoms with Crippen LogP contribution in [0, 0.1) is 13.8 Å². The van der Waals surface area contributed by atoms with E-state index in [1.54, 1.807) is 12.1 Å². The maximum absolute atomic E-state index is 12.9.